The van der Waals surface area contributed by atoms with Gasteiger partial charge in [-0.3, -0.25) is 0 Å². The highest BCUT2D eigenvalue weighted by Gasteiger charge is 2.29. The first-order valence-electron chi connectivity index (χ1n) is 7.03. The molecule has 0 amide bonds. The summed E-state index contributed by atoms with van der Waals surface area (Å²) < 4.78 is 11.8. The maximum atomic E-state index is 9.82. The summed E-state index contributed by atoms with van der Waals surface area (Å²) in [6, 6.07) is 3.98. The zero-order valence-corrected chi connectivity index (χ0v) is 13.6. The Balaban J connectivity index is 1.95. The van der Waals surface area contributed by atoms with Crippen molar-refractivity contribution in [3.8, 4) is 11.5 Å². The number of aliphatic hydroxyl groups excluding tert-OH is 1. The molecule has 5 heteroatoms. The first-order valence-corrected chi connectivity index (χ1v) is 7.83. The molecule has 1 aromatic rings. The van der Waals surface area contributed by atoms with E-state index in [0.717, 1.165) is 34.4 Å². The van der Waals surface area contributed by atoms with Gasteiger partial charge in [-0.25, -0.2) is 0 Å². The maximum Gasteiger partial charge on any atom is 0.175 e. The van der Waals surface area contributed by atoms with E-state index in [4.69, 9.17) is 9.47 Å². The summed E-state index contributed by atoms with van der Waals surface area (Å²) in [5.74, 6) is 1.96. The van der Waals surface area contributed by atoms with Gasteiger partial charge in [-0.1, -0.05) is 0 Å². The summed E-state index contributed by atoms with van der Waals surface area (Å²) in [6.07, 6.45) is 2.10. The highest BCUT2D eigenvalue weighted by Crippen LogP contribution is 2.36. The molecule has 0 heterocycles. The number of methoxy groups -OCH3 is 1. The lowest BCUT2D eigenvalue weighted by Gasteiger charge is -2.15. The van der Waals surface area contributed by atoms with Gasteiger partial charge in [0, 0.05) is 13.1 Å². The number of aliphatic hydroxyl groups is 1. The van der Waals surface area contributed by atoms with Gasteiger partial charge in [0.15, 0.2) is 11.5 Å². The minimum atomic E-state index is -0.219. The van der Waals surface area contributed by atoms with Gasteiger partial charge in [0.2, 0.25) is 0 Å². The molecule has 2 rings (SSSR count). The predicted octanol–water partition coefficient (Wildman–Crippen LogP) is 2.72. The molecule has 1 aliphatic rings. The van der Waals surface area contributed by atoms with Crippen LogP contribution in [0.3, 0.4) is 0 Å². The van der Waals surface area contributed by atoms with Crippen LogP contribution in [0.4, 0.5) is 0 Å². The predicted molar refractivity (Wildman–Crippen MR) is 82.3 cm³/mol. The molecule has 112 valence electrons. The van der Waals surface area contributed by atoms with E-state index in [1.165, 1.54) is 0 Å². The van der Waals surface area contributed by atoms with Crippen molar-refractivity contribution < 1.29 is 14.6 Å². The van der Waals surface area contributed by atoms with E-state index in [-0.39, 0.29) is 6.10 Å². The largest absolute Gasteiger partial charge is 0.493 e. The van der Waals surface area contributed by atoms with Crippen LogP contribution >= 0.6 is 15.9 Å². The van der Waals surface area contributed by atoms with Gasteiger partial charge in [-0.2, -0.15) is 0 Å². The molecule has 0 aliphatic heterocycles. The minimum absolute atomic E-state index is 0.219. The molecule has 0 saturated heterocycles. The molecule has 0 bridgehead atoms. The molecule has 1 aromatic carbocycles. The van der Waals surface area contributed by atoms with E-state index in [1.54, 1.807) is 7.11 Å². The van der Waals surface area contributed by atoms with E-state index in [9.17, 15) is 5.11 Å². The Labute approximate surface area is 128 Å². The Hall–Kier alpha value is -0.780. The summed E-state index contributed by atoms with van der Waals surface area (Å²) in [4.78, 5) is 0. The molecule has 1 atom stereocenters. The van der Waals surface area contributed by atoms with Gasteiger partial charge in [0.25, 0.3) is 0 Å². The Kier molecular flexibility index (Phi) is 5.69. The van der Waals surface area contributed by atoms with Gasteiger partial charge < -0.3 is 19.9 Å². The summed E-state index contributed by atoms with van der Waals surface area (Å²) in [5.41, 5.74) is 1.10. The SMILES string of the molecule is CCOc1c(Br)cc(CNCC(O)C2CC2)cc1OC. The Bertz CT molecular complexity index is 449. The molecule has 1 unspecified atom stereocenters. The maximum absolute atomic E-state index is 9.82. The average Bonchev–Trinajstić information content (AvgIpc) is 3.25. The smallest absolute Gasteiger partial charge is 0.175 e. The zero-order valence-electron chi connectivity index (χ0n) is 12.0. The topological polar surface area (TPSA) is 50.7 Å². The Morgan fingerprint density at radius 1 is 1.45 bits per heavy atom. The van der Waals surface area contributed by atoms with Crippen molar-refractivity contribution in [3.05, 3.63) is 22.2 Å². The minimum Gasteiger partial charge on any atom is -0.493 e. The second-order valence-electron chi connectivity index (χ2n) is 5.08. The normalized spacial score (nSPS) is 16.0. The fourth-order valence-corrected chi connectivity index (χ4v) is 2.78. The molecule has 20 heavy (non-hydrogen) atoms. The van der Waals surface area contributed by atoms with E-state index >= 15 is 0 Å². The third-order valence-corrected chi connectivity index (χ3v) is 4.02. The number of halogens is 1. The highest BCUT2D eigenvalue weighted by molar-refractivity contribution is 9.10. The van der Waals surface area contributed by atoms with Crippen molar-refractivity contribution in [1.82, 2.24) is 5.32 Å². The van der Waals surface area contributed by atoms with Crippen molar-refractivity contribution in [3.63, 3.8) is 0 Å². The number of rotatable bonds is 8. The van der Waals surface area contributed by atoms with Crippen LogP contribution in [0.15, 0.2) is 16.6 Å². The summed E-state index contributed by atoms with van der Waals surface area (Å²) >= 11 is 3.51. The van der Waals surface area contributed by atoms with Crippen LogP contribution in [0, 0.1) is 5.92 Å². The molecule has 0 spiro atoms. The van der Waals surface area contributed by atoms with E-state index in [0.29, 0.717) is 25.6 Å². The van der Waals surface area contributed by atoms with Crippen LogP contribution in [0.5, 0.6) is 11.5 Å². The molecule has 1 fully saturated rings. The molecule has 1 aliphatic carbocycles. The summed E-state index contributed by atoms with van der Waals surface area (Å²) in [5, 5.41) is 13.1. The number of benzene rings is 1. The van der Waals surface area contributed by atoms with Crippen molar-refractivity contribution in [2.45, 2.75) is 32.4 Å². The Morgan fingerprint density at radius 3 is 2.80 bits per heavy atom. The monoisotopic (exact) mass is 343 g/mol. The van der Waals surface area contributed by atoms with Crippen molar-refractivity contribution >= 4 is 15.9 Å². The van der Waals surface area contributed by atoms with Crippen molar-refractivity contribution in [2.24, 2.45) is 5.92 Å². The van der Waals surface area contributed by atoms with Gasteiger partial charge in [0.05, 0.1) is 24.3 Å². The molecule has 4 nitrogen and oxygen atoms in total. The van der Waals surface area contributed by atoms with E-state index < -0.39 is 0 Å². The van der Waals surface area contributed by atoms with Crippen LogP contribution in [-0.4, -0.2) is 31.5 Å². The lowest BCUT2D eigenvalue weighted by atomic mass is 10.2. The zero-order chi connectivity index (χ0) is 14.5. The molecule has 1 saturated carbocycles. The summed E-state index contributed by atoms with van der Waals surface area (Å²) in [6.45, 7) is 3.88. The third-order valence-electron chi connectivity index (χ3n) is 3.43. The fraction of sp³-hybridized carbons (Fsp3) is 0.600. The molecule has 0 aromatic heterocycles. The first-order chi connectivity index (χ1) is 9.65. The van der Waals surface area contributed by atoms with Crippen LogP contribution in [0.1, 0.15) is 25.3 Å². The third kappa shape index (κ3) is 4.11. The summed E-state index contributed by atoms with van der Waals surface area (Å²) in [7, 11) is 1.64. The first kappa shape index (κ1) is 15.6. The van der Waals surface area contributed by atoms with Crippen LogP contribution in [-0.2, 0) is 6.54 Å². The molecule has 2 N–H and O–H groups in total. The molecule has 0 radical (unpaired) electrons. The van der Waals surface area contributed by atoms with Crippen LogP contribution in [0.2, 0.25) is 0 Å². The lowest BCUT2D eigenvalue weighted by molar-refractivity contribution is 0.148. The fourth-order valence-electron chi connectivity index (χ4n) is 2.17. The van der Waals surface area contributed by atoms with Gasteiger partial charge in [-0.15, -0.1) is 0 Å². The second kappa shape index (κ2) is 7.29. The van der Waals surface area contributed by atoms with Gasteiger partial charge in [-0.05, 0) is 59.3 Å². The number of hydrogen-bond donors (Lipinski definition) is 2. The van der Waals surface area contributed by atoms with Crippen molar-refractivity contribution in [2.75, 3.05) is 20.3 Å². The van der Waals surface area contributed by atoms with Crippen LogP contribution < -0.4 is 14.8 Å². The van der Waals surface area contributed by atoms with Crippen LogP contribution in [0.25, 0.3) is 0 Å². The van der Waals surface area contributed by atoms with E-state index in [1.807, 2.05) is 19.1 Å². The highest BCUT2D eigenvalue weighted by atomic mass is 79.9. The van der Waals surface area contributed by atoms with E-state index in [2.05, 4.69) is 21.2 Å². The number of ether oxygens (including phenoxy) is 2. The lowest BCUT2D eigenvalue weighted by Crippen LogP contribution is -2.27. The molecular formula is C15H22BrNO3. The Morgan fingerprint density at radius 2 is 2.20 bits per heavy atom. The standard InChI is InChI=1S/C15H22BrNO3/c1-3-20-15-12(16)6-10(7-14(15)19-2)8-17-9-13(18)11-4-5-11/h6-7,11,13,17-18H,3-5,8-9H2,1-2H3. The number of nitrogens with one attached hydrogen (secondary N) is 1. The van der Waals surface area contributed by atoms with Crippen molar-refractivity contribution in [1.29, 1.82) is 0 Å². The quantitative estimate of drug-likeness (QED) is 0.761. The molecular weight excluding hydrogens is 322 g/mol. The second-order valence-corrected chi connectivity index (χ2v) is 5.93. The average molecular weight is 344 g/mol. The van der Waals surface area contributed by atoms with Gasteiger partial charge >= 0.3 is 0 Å². The number of hydrogen-bond acceptors (Lipinski definition) is 4. The van der Waals surface area contributed by atoms with Gasteiger partial charge in [0.1, 0.15) is 0 Å².